The van der Waals surface area contributed by atoms with Crippen molar-refractivity contribution in [3.63, 3.8) is 0 Å². The normalized spacial score (nSPS) is 13.0. The number of amides is 2. The predicted octanol–water partition coefficient (Wildman–Crippen LogP) is 1.94. The molecule has 2 aromatic rings. The van der Waals surface area contributed by atoms with Crippen molar-refractivity contribution in [3.05, 3.63) is 48.0 Å². The summed E-state index contributed by atoms with van der Waals surface area (Å²) in [5, 5.41) is 4.77. The molecule has 2 atom stereocenters. The number of carbonyl (C=O) groups is 3. The zero-order valence-electron chi connectivity index (χ0n) is 15.0. The van der Waals surface area contributed by atoms with Crippen LogP contribution in [0.5, 0.6) is 0 Å². The van der Waals surface area contributed by atoms with Crippen molar-refractivity contribution in [1.82, 2.24) is 5.32 Å². The van der Waals surface area contributed by atoms with Crippen LogP contribution in [0.3, 0.4) is 0 Å². The van der Waals surface area contributed by atoms with Crippen LogP contribution < -0.4 is 11.1 Å². The van der Waals surface area contributed by atoms with Crippen molar-refractivity contribution in [3.8, 4) is 0 Å². The molecule has 26 heavy (non-hydrogen) atoms. The minimum atomic E-state index is -0.924. The van der Waals surface area contributed by atoms with E-state index in [2.05, 4.69) is 5.32 Å². The van der Waals surface area contributed by atoms with E-state index in [0.29, 0.717) is 0 Å². The second-order valence-corrected chi connectivity index (χ2v) is 6.29. The topological polar surface area (TPSA) is 98.5 Å². The number of hydrogen-bond donors (Lipinski definition) is 2. The third kappa shape index (κ3) is 5.31. The number of fused-ring (bicyclic) bond motifs is 1. The lowest BCUT2D eigenvalue weighted by Gasteiger charge is -2.21. The number of hydrogen-bond acceptors (Lipinski definition) is 4. The zero-order chi connectivity index (χ0) is 19.1. The second-order valence-electron chi connectivity index (χ2n) is 6.29. The average molecular weight is 356 g/mol. The summed E-state index contributed by atoms with van der Waals surface area (Å²) >= 11 is 0. The Morgan fingerprint density at radius 1 is 1.12 bits per heavy atom. The van der Waals surface area contributed by atoms with Crippen LogP contribution in [0, 0.1) is 5.92 Å². The first-order chi connectivity index (χ1) is 12.4. The summed E-state index contributed by atoms with van der Waals surface area (Å²) in [5.74, 6) is -1.87. The lowest BCUT2D eigenvalue weighted by Crippen LogP contribution is -2.49. The molecule has 0 fully saturated rings. The highest BCUT2D eigenvalue weighted by Crippen LogP contribution is 2.16. The van der Waals surface area contributed by atoms with E-state index in [1.165, 1.54) is 0 Å². The molecule has 0 saturated heterocycles. The van der Waals surface area contributed by atoms with E-state index in [1.54, 1.807) is 13.8 Å². The molecule has 6 nitrogen and oxygen atoms in total. The van der Waals surface area contributed by atoms with Gasteiger partial charge in [-0.1, -0.05) is 49.4 Å². The van der Waals surface area contributed by atoms with Gasteiger partial charge in [-0.15, -0.1) is 0 Å². The monoisotopic (exact) mass is 356 g/mol. The Morgan fingerprint density at radius 2 is 1.81 bits per heavy atom. The lowest BCUT2D eigenvalue weighted by molar-refractivity contribution is -0.144. The first kappa shape index (κ1) is 19.4. The highest BCUT2D eigenvalue weighted by atomic mass is 16.5. The summed E-state index contributed by atoms with van der Waals surface area (Å²) in [6, 6.07) is 12.7. The standard InChI is InChI=1S/C20H24N2O4/c1-3-26-18(24)10-13(2)19(20(21)25)22-17(23)12-14-8-9-15-6-4-5-7-16(15)11-14/h4-9,11,13,19H,3,10,12H2,1-2H3,(H2,21,25)(H,22,23)/t13-,19+/m1/s1. The lowest BCUT2D eigenvalue weighted by atomic mass is 9.97. The van der Waals surface area contributed by atoms with Crippen LogP contribution >= 0.6 is 0 Å². The van der Waals surface area contributed by atoms with E-state index in [4.69, 9.17) is 10.5 Å². The Balaban J connectivity index is 2.02. The summed E-state index contributed by atoms with van der Waals surface area (Å²) in [4.78, 5) is 35.6. The molecule has 0 spiro atoms. The van der Waals surface area contributed by atoms with Gasteiger partial charge in [0.1, 0.15) is 6.04 Å². The van der Waals surface area contributed by atoms with Crippen molar-refractivity contribution >= 4 is 28.6 Å². The molecule has 0 saturated carbocycles. The quantitative estimate of drug-likeness (QED) is 0.706. The summed E-state index contributed by atoms with van der Waals surface area (Å²) in [6.45, 7) is 3.66. The number of nitrogens with one attached hydrogen (secondary N) is 1. The van der Waals surface area contributed by atoms with Crippen molar-refractivity contribution in [2.45, 2.75) is 32.7 Å². The van der Waals surface area contributed by atoms with Crippen LogP contribution in [0.2, 0.25) is 0 Å². The predicted molar refractivity (Wildman–Crippen MR) is 99.2 cm³/mol. The molecule has 0 bridgehead atoms. The molecular formula is C20H24N2O4. The van der Waals surface area contributed by atoms with Gasteiger partial charge in [-0.3, -0.25) is 14.4 Å². The van der Waals surface area contributed by atoms with Crippen LogP contribution in [0.25, 0.3) is 10.8 Å². The van der Waals surface area contributed by atoms with E-state index in [0.717, 1.165) is 16.3 Å². The van der Waals surface area contributed by atoms with Gasteiger partial charge in [-0.05, 0) is 29.2 Å². The number of benzene rings is 2. The molecule has 0 aromatic heterocycles. The molecule has 0 heterocycles. The van der Waals surface area contributed by atoms with Crippen molar-refractivity contribution < 1.29 is 19.1 Å². The number of nitrogens with two attached hydrogens (primary N) is 1. The van der Waals surface area contributed by atoms with E-state index in [1.807, 2.05) is 42.5 Å². The first-order valence-corrected chi connectivity index (χ1v) is 8.62. The van der Waals surface area contributed by atoms with Crippen LogP contribution in [0.4, 0.5) is 0 Å². The Bertz CT molecular complexity index is 803. The molecular weight excluding hydrogens is 332 g/mol. The molecule has 2 amide bonds. The van der Waals surface area contributed by atoms with Crippen LogP contribution in [0.15, 0.2) is 42.5 Å². The highest BCUT2D eigenvalue weighted by molar-refractivity contribution is 5.89. The maximum Gasteiger partial charge on any atom is 0.306 e. The van der Waals surface area contributed by atoms with E-state index in [9.17, 15) is 14.4 Å². The number of primary amides is 1. The Morgan fingerprint density at radius 3 is 2.46 bits per heavy atom. The minimum Gasteiger partial charge on any atom is -0.466 e. The number of carbonyl (C=O) groups excluding carboxylic acids is 3. The summed E-state index contributed by atoms with van der Waals surface area (Å²) in [5.41, 5.74) is 6.23. The Labute approximate surface area is 152 Å². The van der Waals surface area contributed by atoms with Gasteiger partial charge in [0.25, 0.3) is 0 Å². The maximum absolute atomic E-state index is 12.3. The zero-order valence-corrected chi connectivity index (χ0v) is 15.0. The third-order valence-corrected chi connectivity index (χ3v) is 4.16. The molecule has 0 aliphatic heterocycles. The fraction of sp³-hybridized carbons (Fsp3) is 0.350. The number of rotatable bonds is 8. The summed E-state index contributed by atoms with van der Waals surface area (Å²) in [7, 11) is 0. The molecule has 3 N–H and O–H groups in total. The number of esters is 1. The summed E-state index contributed by atoms with van der Waals surface area (Å²) < 4.78 is 4.88. The molecule has 2 rings (SSSR count). The van der Waals surface area contributed by atoms with Gasteiger partial charge in [0.05, 0.1) is 19.4 Å². The number of ether oxygens (including phenoxy) is 1. The second kappa shape index (κ2) is 8.99. The smallest absolute Gasteiger partial charge is 0.306 e. The van der Waals surface area contributed by atoms with Gasteiger partial charge in [0.15, 0.2) is 0 Å². The Kier molecular flexibility index (Phi) is 6.72. The highest BCUT2D eigenvalue weighted by Gasteiger charge is 2.27. The molecule has 0 aliphatic carbocycles. The van der Waals surface area contributed by atoms with Crippen LogP contribution in [-0.2, 0) is 25.5 Å². The fourth-order valence-electron chi connectivity index (χ4n) is 2.85. The molecule has 2 aromatic carbocycles. The van der Waals surface area contributed by atoms with Gasteiger partial charge in [0.2, 0.25) is 11.8 Å². The van der Waals surface area contributed by atoms with E-state index >= 15 is 0 Å². The van der Waals surface area contributed by atoms with Crippen molar-refractivity contribution in [1.29, 1.82) is 0 Å². The van der Waals surface area contributed by atoms with E-state index in [-0.39, 0.29) is 25.4 Å². The average Bonchev–Trinajstić information content (AvgIpc) is 2.59. The third-order valence-electron chi connectivity index (χ3n) is 4.16. The molecule has 0 aliphatic rings. The van der Waals surface area contributed by atoms with Gasteiger partial charge < -0.3 is 15.8 Å². The largest absolute Gasteiger partial charge is 0.466 e. The molecule has 138 valence electrons. The SMILES string of the molecule is CCOC(=O)C[C@@H](C)[C@H](NC(=O)Cc1ccc2ccccc2c1)C(N)=O. The summed E-state index contributed by atoms with van der Waals surface area (Å²) in [6.07, 6.45) is 0.137. The minimum absolute atomic E-state index is 0.0116. The van der Waals surface area contributed by atoms with E-state index < -0.39 is 23.8 Å². The molecule has 0 radical (unpaired) electrons. The van der Waals surface area contributed by atoms with Gasteiger partial charge in [0, 0.05) is 0 Å². The fourth-order valence-corrected chi connectivity index (χ4v) is 2.85. The molecule has 6 heteroatoms. The van der Waals surface area contributed by atoms with Crippen molar-refractivity contribution in [2.24, 2.45) is 11.7 Å². The van der Waals surface area contributed by atoms with Crippen molar-refractivity contribution in [2.75, 3.05) is 6.61 Å². The van der Waals surface area contributed by atoms with Gasteiger partial charge >= 0.3 is 5.97 Å². The molecule has 0 unspecified atom stereocenters. The maximum atomic E-state index is 12.3. The van der Waals surface area contributed by atoms with Crippen LogP contribution in [-0.4, -0.2) is 30.4 Å². The van der Waals surface area contributed by atoms with Gasteiger partial charge in [-0.25, -0.2) is 0 Å². The van der Waals surface area contributed by atoms with Gasteiger partial charge in [-0.2, -0.15) is 0 Å². The van der Waals surface area contributed by atoms with Crippen LogP contribution in [0.1, 0.15) is 25.8 Å². The first-order valence-electron chi connectivity index (χ1n) is 8.62. The Hall–Kier alpha value is -2.89.